The highest BCUT2D eigenvalue weighted by atomic mass is 16.6. The molecule has 108 valence electrons. The van der Waals surface area contributed by atoms with Crippen LogP contribution >= 0.6 is 0 Å². The molecule has 0 saturated heterocycles. The minimum Gasteiger partial charge on any atom is -0.479 e. The van der Waals surface area contributed by atoms with Gasteiger partial charge in [0.15, 0.2) is 6.10 Å². The van der Waals surface area contributed by atoms with Crippen LogP contribution < -0.4 is 4.74 Å². The summed E-state index contributed by atoms with van der Waals surface area (Å²) in [5.41, 5.74) is 0.684. The molecule has 0 heterocycles. The SMILES string of the molecule is CCOC(=O)C(CC)Oc1cccc(C=CC(=O)O)c1. The summed E-state index contributed by atoms with van der Waals surface area (Å²) in [4.78, 5) is 22.1. The molecular weight excluding hydrogens is 260 g/mol. The van der Waals surface area contributed by atoms with Crippen LogP contribution in [-0.4, -0.2) is 29.8 Å². The summed E-state index contributed by atoms with van der Waals surface area (Å²) in [6.45, 7) is 3.87. The van der Waals surface area contributed by atoms with E-state index in [0.717, 1.165) is 6.08 Å². The van der Waals surface area contributed by atoms with E-state index in [4.69, 9.17) is 14.6 Å². The number of carbonyl (C=O) groups excluding carboxylic acids is 1. The van der Waals surface area contributed by atoms with E-state index >= 15 is 0 Å². The summed E-state index contributed by atoms with van der Waals surface area (Å²) in [5, 5.41) is 8.58. The molecule has 0 radical (unpaired) electrons. The van der Waals surface area contributed by atoms with Gasteiger partial charge in [0.05, 0.1) is 6.61 Å². The number of aliphatic carboxylic acids is 1. The molecule has 1 atom stereocenters. The van der Waals surface area contributed by atoms with Gasteiger partial charge < -0.3 is 14.6 Å². The third-order valence-corrected chi connectivity index (χ3v) is 2.48. The van der Waals surface area contributed by atoms with E-state index in [1.807, 2.05) is 6.92 Å². The molecule has 0 aliphatic carbocycles. The lowest BCUT2D eigenvalue weighted by Crippen LogP contribution is -2.28. The van der Waals surface area contributed by atoms with Crippen LogP contribution in [0.15, 0.2) is 30.3 Å². The quantitative estimate of drug-likeness (QED) is 0.613. The molecule has 1 aromatic rings. The second-order valence-electron chi connectivity index (χ2n) is 4.01. The Hall–Kier alpha value is -2.30. The minimum absolute atomic E-state index is 0.306. The van der Waals surface area contributed by atoms with Crippen LogP contribution in [-0.2, 0) is 14.3 Å². The van der Waals surface area contributed by atoms with Gasteiger partial charge in [0.2, 0.25) is 0 Å². The number of carboxylic acids is 1. The van der Waals surface area contributed by atoms with Crippen LogP contribution in [0.1, 0.15) is 25.8 Å². The van der Waals surface area contributed by atoms with Gasteiger partial charge in [-0.15, -0.1) is 0 Å². The van der Waals surface area contributed by atoms with Crippen LogP contribution in [0, 0.1) is 0 Å². The number of rotatable bonds is 7. The summed E-state index contributed by atoms with van der Waals surface area (Å²) >= 11 is 0. The Balaban J connectivity index is 2.78. The third-order valence-electron chi connectivity index (χ3n) is 2.48. The number of hydrogen-bond donors (Lipinski definition) is 1. The van der Waals surface area contributed by atoms with Gasteiger partial charge >= 0.3 is 11.9 Å². The number of carbonyl (C=O) groups is 2. The molecule has 0 spiro atoms. The standard InChI is InChI=1S/C15H18O5/c1-3-13(15(18)19-4-2)20-12-7-5-6-11(10-12)8-9-14(16)17/h5-10,13H,3-4H2,1-2H3,(H,16,17). The van der Waals surface area contributed by atoms with Crippen molar-refractivity contribution in [3.63, 3.8) is 0 Å². The highest BCUT2D eigenvalue weighted by molar-refractivity contribution is 5.85. The second-order valence-corrected chi connectivity index (χ2v) is 4.01. The smallest absolute Gasteiger partial charge is 0.347 e. The summed E-state index contributed by atoms with van der Waals surface area (Å²) in [6, 6.07) is 6.85. The number of ether oxygens (including phenoxy) is 2. The number of benzene rings is 1. The zero-order valence-corrected chi connectivity index (χ0v) is 11.5. The molecule has 0 fully saturated rings. The maximum absolute atomic E-state index is 11.6. The maximum atomic E-state index is 11.6. The molecule has 1 rings (SSSR count). The fourth-order valence-corrected chi connectivity index (χ4v) is 1.56. The van der Waals surface area contributed by atoms with E-state index in [2.05, 4.69) is 0 Å². The van der Waals surface area contributed by atoms with E-state index in [0.29, 0.717) is 24.3 Å². The molecule has 1 N–H and O–H groups in total. The zero-order valence-electron chi connectivity index (χ0n) is 11.5. The van der Waals surface area contributed by atoms with Crippen LogP contribution in [0.5, 0.6) is 5.75 Å². The molecule has 0 aliphatic heterocycles. The van der Waals surface area contributed by atoms with Gasteiger partial charge in [0, 0.05) is 6.08 Å². The molecule has 5 heteroatoms. The predicted octanol–water partition coefficient (Wildman–Crippen LogP) is 2.50. The van der Waals surface area contributed by atoms with E-state index in [-0.39, 0.29) is 0 Å². The van der Waals surface area contributed by atoms with Crippen molar-refractivity contribution in [3.05, 3.63) is 35.9 Å². The molecule has 0 amide bonds. The summed E-state index contributed by atoms with van der Waals surface area (Å²) < 4.78 is 10.5. The minimum atomic E-state index is -1.02. The Morgan fingerprint density at radius 1 is 1.35 bits per heavy atom. The molecule has 0 aliphatic rings. The van der Waals surface area contributed by atoms with Gasteiger partial charge in [-0.1, -0.05) is 19.1 Å². The molecule has 0 saturated carbocycles. The first kappa shape index (κ1) is 15.8. The van der Waals surface area contributed by atoms with Gasteiger partial charge in [0.1, 0.15) is 5.75 Å². The first-order chi connectivity index (χ1) is 9.56. The van der Waals surface area contributed by atoms with Crippen molar-refractivity contribution in [3.8, 4) is 5.75 Å². The highest BCUT2D eigenvalue weighted by Gasteiger charge is 2.19. The molecule has 1 unspecified atom stereocenters. The van der Waals surface area contributed by atoms with Gasteiger partial charge in [-0.3, -0.25) is 0 Å². The number of carboxylic acid groups (broad SMARTS) is 1. The third kappa shape index (κ3) is 5.14. The number of hydrogen-bond acceptors (Lipinski definition) is 4. The van der Waals surface area contributed by atoms with E-state index < -0.39 is 18.0 Å². The van der Waals surface area contributed by atoms with Gasteiger partial charge in [0.25, 0.3) is 0 Å². The van der Waals surface area contributed by atoms with Crippen molar-refractivity contribution >= 4 is 18.0 Å². The molecular formula is C15H18O5. The average Bonchev–Trinajstić information content (AvgIpc) is 2.43. The van der Waals surface area contributed by atoms with Crippen molar-refractivity contribution in [2.24, 2.45) is 0 Å². The molecule has 1 aromatic carbocycles. The Morgan fingerprint density at radius 3 is 2.70 bits per heavy atom. The lowest BCUT2D eigenvalue weighted by Gasteiger charge is -2.16. The summed E-state index contributed by atoms with van der Waals surface area (Å²) in [7, 11) is 0. The van der Waals surface area contributed by atoms with E-state index in [1.165, 1.54) is 6.08 Å². The summed E-state index contributed by atoms with van der Waals surface area (Å²) in [6.07, 6.45) is 2.34. The number of esters is 1. The normalized spacial score (nSPS) is 12.1. The van der Waals surface area contributed by atoms with E-state index in [1.54, 1.807) is 31.2 Å². The van der Waals surface area contributed by atoms with Crippen molar-refractivity contribution in [2.45, 2.75) is 26.4 Å². The van der Waals surface area contributed by atoms with Crippen LogP contribution in [0.2, 0.25) is 0 Å². The van der Waals surface area contributed by atoms with Gasteiger partial charge in [-0.2, -0.15) is 0 Å². The fourth-order valence-electron chi connectivity index (χ4n) is 1.56. The van der Waals surface area contributed by atoms with Gasteiger partial charge in [-0.25, -0.2) is 9.59 Å². The second kappa shape index (κ2) is 7.99. The van der Waals surface area contributed by atoms with Crippen molar-refractivity contribution in [1.29, 1.82) is 0 Å². The lowest BCUT2D eigenvalue weighted by atomic mass is 10.2. The Labute approximate surface area is 117 Å². The lowest BCUT2D eigenvalue weighted by molar-refractivity contribution is -0.151. The largest absolute Gasteiger partial charge is 0.479 e. The average molecular weight is 278 g/mol. The van der Waals surface area contributed by atoms with Crippen LogP contribution in [0.3, 0.4) is 0 Å². The molecule has 0 aromatic heterocycles. The highest BCUT2D eigenvalue weighted by Crippen LogP contribution is 2.17. The van der Waals surface area contributed by atoms with Crippen LogP contribution in [0.25, 0.3) is 6.08 Å². The molecule has 20 heavy (non-hydrogen) atoms. The first-order valence-electron chi connectivity index (χ1n) is 6.41. The zero-order chi connectivity index (χ0) is 15.0. The van der Waals surface area contributed by atoms with Crippen LogP contribution in [0.4, 0.5) is 0 Å². The Morgan fingerprint density at radius 2 is 2.10 bits per heavy atom. The predicted molar refractivity (Wildman–Crippen MR) is 74.5 cm³/mol. The van der Waals surface area contributed by atoms with Crippen molar-refractivity contribution < 1.29 is 24.2 Å². The van der Waals surface area contributed by atoms with Gasteiger partial charge in [-0.05, 0) is 37.1 Å². The van der Waals surface area contributed by atoms with E-state index in [9.17, 15) is 9.59 Å². The summed E-state index contributed by atoms with van der Waals surface area (Å²) in [5.74, 6) is -0.923. The fraction of sp³-hybridized carbons (Fsp3) is 0.333. The Bertz CT molecular complexity index is 493. The molecule has 0 bridgehead atoms. The van der Waals surface area contributed by atoms with Crippen molar-refractivity contribution in [2.75, 3.05) is 6.61 Å². The Kier molecular flexibility index (Phi) is 6.29. The topological polar surface area (TPSA) is 72.8 Å². The van der Waals surface area contributed by atoms with Crippen molar-refractivity contribution in [1.82, 2.24) is 0 Å². The molecule has 5 nitrogen and oxygen atoms in total. The maximum Gasteiger partial charge on any atom is 0.347 e. The first-order valence-corrected chi connectivity index (χ1v) is 6.41. The monoisotopic (exact) mass is 278 g/mol.